The van der Waals surface area contributed by atoms with Gasteiger partial charge >= 0.3 is 0 Å². The molecule has 1 aromatic heterocycles. The number of thioether (sulfide) groups is 1. The molecule has 6 heteroatoms. The molecular formula is C15H21N5S. The molecule has 1 fully saturated rings. The van der Waals surface area contributed by atoms with E-state index in [1.807, 2.05) is 42.1 Å². The van der Waals surface area contributed by atoms with Crippen molar-refractivity contribution in [3.8, 4) is 5.69 Å². The van der Waals surface area contributed by atoms with Gasteiger partial charge in [-0.15, -0.1) is 5.10 Å². The molecular weight excluding hydrogens is 282 g/mol. The van der Waals surface area contributed by atoms with Crippen LogP contribution in [0.3, 0.4) is 0 Å². The van der Waals surface area contributed by atoms with Gasteiger partial charge in [0.1, 0.15) is 0 Å². The number of benzene rings is 1. The van der Waals surface area contributed by atoms with Crippen molar-refractivity contribution in [3.63, 3.8) is 0 Å². The van der Waals surface area contributed by atoms with Crippen molar-refractivity contribution in [2.24, 2.45) is 0 Å². The van der Waals surface area contributed by atoms with Gasteiger partial charge in [0.05, 0.1) is 12.2 Å². The van der Waals surface area contributed by atoms with E-state index in [-0.39, 0.29) is 0 Å². The third kappa shape index (κ3) is 3.63. The van der Waals surface area contributed by atoms with Crippen molar-refractivity contribution in [1.29, 1.82) is 0 Å². The lowest BCUT2D eigenvalue weighted by Gasteiger charge is -2.27. The molecule has 1 N–H and O–H groups in total. The molecule has 1 aromatic carbocycles. The Kier molecular flexibility index (Phi) is 4.87. The zero-order valence-electron chi connectivity index (χ0n) is 12.3. The van der Waals surface area contributed by atoms with Crippen LogP contribution in [0.15, 0.2) is 30.3 Å². The van der Waals surface area contributed by atoms with Gasteiger partial charge in [0.15, 0.2) is 5.82 Å². The topological polar surface area (TPSA) is 55.6 Å². The lowest BCUT2D eigenvalue weighted by Crippen LogP contribution is -2.34. The minimum absolute atomic E-state index is 0.592. The van der Waals surface area contributed by atoms with Gasteiger partial charge < -0.3 is 5.32 Å². The van der Waals surface area contributed by atoms with E-state index in [0.717, 1.165) is 23.3 Å². The Hall–Kier alpha value is -1.40. The van der Waals surface area contributed by atoms with Crippen LogP contribution in [0.25, 0.3) is 5.69 Å². The summed E-state index contributed by atoms with van der Waals surface area (Å²) in [6.45, 7) is 0.719. The number of nitrogens with one attached hydrogen (secondary N) is 1. The second-order valence-corrected chi connectivity index (χ2v) is 6.57. The first kappa shape index (κ1) is 14.5. The van der Waals surface area contributed by atoms with Crippen molar-refractivity contribution in [2.75, 3.05) is 6.26 Å². The van der Waals surface area contributed by atoms with Gasteiger partial charge in [-0.3, -0.25) is 0 Å². The molecule has 2 aromatic rings. The largest absolute Gasteiger partial charge is 0.307 e. The summed E-state index contributed by atoms with van der Waals surface area (Å²) in [5, 5.41) is 16.5. The molecule has 0 unspecified atom stereocenters. The average Bonchev–Trinajstić information content (AvgIpc) is 3.03. The maximum atomic E-state index is 4.14. The first-order valence-corrected chi connectivity index (χ1v) is 8.74. The normalized spacial score (nSPS) is 22.3. The van der Waals surface area contributed by atoms with Gasteiger partial charge in [0.25, 0.3) is 0 Å². The summed E-state index contributed by atoms with van der Waals surface area (Å²) < 4.78 is 1.81. The van der Waals surface area contributed by atoms with Crippen molar-refractivity contribution in [3.05, 3.63) is 36.2 Å². The highest BCUT2D eigenvalue weighted by Gasteiger charge is 2.20. The quantitative estimate of drug-likeness (QED) is 0.919. The molecule has 0 amide bonds. The zero-order chi connectivity index (χ0) is 14.5. The highest BCUT2D eigenvalue weighted by molar-refractivity contribution is 7.99. The summed E-state index contributed by atoms with van der Waals surface area (Å²) in [4.78, 5) is 0. The van der Waals surface area contributed by atoms with Gasteiger partial charge in [-0.1, -0.05) is 18.2 Å². The lowest BCUT2D eigenvalue weighted by atomic mass is 9.95. The van der Waals surface area contributed by atoms with Crippen LogP contribution in [-0.2, 0) is 6.54 Å². The van der Waals surface area contributed by atoms with E-state index >= 15 is 0 Å². The summed E-state index contributed by atoms with van der Waals surface area (Å²) in [5.41, 5.74) is 1.00. The van der Waals surface area contributed by atoms with Crippen LogP contribution in [0, 0.1) is 0 Å². The highest BCUT2D eigenvalue weighted by Crippen LogP contribution is 2.26. The number of nitrogens with zero attached hydrogens (tertiary/aromatic N) is 4. The molecule has 1 aliphatic carbocycles. The molecule has 5 nitrogen and oxygen atoms in total. The molecule has 0 saturated heterocycles. The third-order valence-electron chi connectivity index (χ3n) is 4.09. The van der Waals surface area contributed by atoms with Crippen molar-refractivity contribution >= 4 is 11.8 Å². The van der Waals surface area contributed by atoms with Gasteiger partial charge in [-0.2, -0.15) is 16.4 Å². The van der Waals surface area contributed by atoms with E-state index in [2.05, 4.69) is 27.1 Å². The molecule has 21 heavy (non-hydrogen) atoms. The minimum Gasteiger partial charge on any atom is -0.307 e. The SMILES string of the molecule is CSC1CCC(NCc2nnnn2-c2ccccc2)CC1. The summed E-state index contributed by atoms with van der Waals surface area (Å²) in [5.74, 6) is 0.869. The van der Waals surface area contributed by atoms with Crippen LogP contribution in [-0.4, -0.2) is 37.8 Å². The number of hydrogen-bond donors (Lipinski definition) is 1. The fourth-order valence-electron chi connectivity index (χ4n) is 2.82. The van der Waals surface area contributed by atoms with E-state index in [9.17, 15) is 0 Å². The summed E-state index contributed by atoms with van der Waals surface area (Å²) in [6, 6.07) is 10.6. The monoisotopic (exact) mass is 303 g/mol. The predicted molar refractivity (Wildman–Crippen MR) is 85.6 cm³/mol. The Morgan fingerprint density at radius 3 is 2.67 bits per heavy atom. The third-order valence-corrected chi connectivity index (χ3v) is 5.23. The molecule has 0 atom stereocenters. The Morgan fingerprint density at radius 1 is 1.19 bits per heavy atom. The van der Waals surface area contributed by atoms with Crippen LogP contribution in [0.1, 0.15) is 31.5 Å². The first-order valence-electron chi connectivity index (χ1n) is 7.45. The average molecular weight is 303 g/mol. The minimum atomic E-state index is 0.592. The molecule has 0 spiro atoms. The Labute approximate surface area is 129 Å². The maximum Gasteiger partial charge on any atom is 0.170 e. The molecule has 0 bridgehead atoms. The maximum absolute atomic E-state index is 4.14. The standard InChI is InChI=1S/C15H21N5S/c1-21-14-9-7-12(8-10-14)16-11-15-17-18-19-20(15)13-5-3-2-4-6-13/h2-6,12,14,16H,7-11H2,1H3. The molecule has 3 rings (SSSR count). The molecule has 0 aliphatic heterocycles. The fraction of sp³-hybridized carbons (Fsp3) is 0.533. The predicted octanol–water partition coefficient (Wildman–Crippen LogP) is 2.43. The second-order valence-electron chi connectivity index (χ2n) is 5.43. The van der Waals surface area contributed by atoms with Crippen molar-refractivity contribution in [2.45, 2.75) is 43.5 Å². The van der Waals surface area contributed by atoms with E-state index in [0.29, 0.717) is 6.04 Å². The van der Waals surface area contributed by atoms with E-state index < -0.39 is 0 Å². The lowest BCUT2D eigenvalue weighted by molar-refractivity contribution is 0.374. The first-order chi connectivity index (χ1) is 10.4. The second kappa shape index (κ2) is 7.04. The smallest absolute Gasteiger partial charge is 0.170 e. The van der Waals surface area contributed by atoms with E-state index in [1.54, 1.807) is 4.68 Å². The van der Waals surface area contributed by atoms with Gasteiger partial charge in [-0.25, -0.2) is 0 Å². The fourth-order valence-corrected chi connectivity index (χ4v) is 3.57. The summed E-state index contributed by atoms with van der Waals surface area (Å²) >= 11 is 2.00. The van der Waals surface area contributed by atoms with Crippen LogP contribution in [0.5, 0.6) is 0 Å². The number of tetrazole rings is 1. The molecule has 112 valence electrons. The van der Waals surface area contributed by atoms with E-state index in [4.69, 9.17) is 0 Å². The Morgan fingerprint density at radius 2 is 1.95 bits per heavy atom. The van der Waals surface area contributed by atoms with Crippen molar-refractivity contribution in [1.82, 2.24) is 25.5 Å². The van der Waals surface area contributed by atoms with Crippen molar-refractivity contribution < 1.29 is 0 Å². The Balaban J connectivity index is 1.58. The number of para-hydroxylation sites is 1. The molecule has 1 saturated carbocycles. The number of rotatable bonds is 5. The van der Waals surface area contributed by atoms with Gasteiger partial charge in [0.2, 0.25) is 0 Å². The number of hydrogen-bond acceptors (Lipinski definition) is 5. The number of aromatic nitrogens is 4. The van der Waals surface area contributed by atoms with Crippen LogP contribution in [0.2, 0.25) is 0 Å². The van der Waals surface area contributed by atoms with Crippen LogP contribution >= 0.6 is 11.8 Å². The van der Waals surface area contributed by atoms with Gasteiger partial charge in [-0.05, 0) is 54.5 Å². The Bertz CT molecular complexity index is 548. The zero-order valence-corrected chi connectivity index (χ0v) is 13.1. The van der Waals surface area contributed by atoms with Crippen LogP contribution < -0.4 is 5.32 Å². The van der Waals surface area contributed by atoms with Crippen LogP contribution in [0.4, 0.5) is 0 Å². The molecule has 1 heterocycles. The van der Waals surface area contributed by atoms with E-state index in [1.165, 1.54) is 25.7 Å². The summed E-state index contributed by atoms with van der Waals surface area (Å²) in [6.07, 6.45) is 7.33. The summed E-state index contributed by atoms with van der Waals surface area (Å²) in [7, 11) is 0. The molecule has 0 radical (unpaired) electrons. The molecule has 1 aliphatic rings. The highest BCUT2D eigenvalue weighted by atomic mass is 32.2. The van der Waals surface area contributed by atoms with Gasteiger partial charge in [0, 0.05) is 11.3 Å².